The summed E-state index contributed by atoms with van der Waals surface area (Å²) >= 11 is 0. The van der Waals surface area contributed by atoms with Gasteiger partial charge in [-0.15, -0.1) is 10.2 Å². The highest BCUT2D eigenvalue weighted by atomic mass is 16.5. The van der Waals surface area contributed by atoms with Crippen LogP contribution in [0.4, 0.5) is 11.6 Å². The van der Waals surface area contributed by atoms with Gasteiger partial charge in [0.1, 0.15) is 5.84 Å². The summed E-state index contributed by atoms with van der Waals surface area (Å²) < 4.78 is 7.38. The number of aromatic nitrogens is 4. The molecule has 2 aliphatic rings. The van der Waals surface area contributed by atoms with E-state index in [1.807, 2.05) is 36.4 Å². The molecule has 0 saturated heterocycles. The fraction of sp³-hybridized carbons (Fsp3) is 0.286. The van der Waals surface area contributed by atoms with E-state index in [0.29, 0.717) is 19.0 Å². The van der Waals surface area contributed by atoms with Crippen molar-refractivity contribution in [3.8, 4) is 17.3 Å². The average Bonchev–Trinajstić information content (AvgIpc) is 3.42. The largest absolute Gasteiger partial charge is 0.481 e. The molecule has 2 N–H and O–H groups in total. The molecule has 30 heavy (non-hydrogen) atoms. The molecule has 0 fully saturated rings. The Kier molecular flexibility index (Phi) is 4.62. The van der Waals surface area contributed by atoms with Crippen LogP contribution in [0.15, 0.2) is 52.6 Å². The van der Waals surface area contributed by atoms with Gasteiger partial charge in [-0.25, -0.2) is 9.98 Å². The maximum atomic E-state index is 5.90. The fourth-order valence-corrected chi connectivity index (χ4v) is 3.80. The number of pyridine rings is 1. The molecule has 0 bridgehead atoms. The number of ether oxygens (including phenoxy) is 1. The predicted octanol–water partition coefficient (Wildman–Crippen LogP) is 2.04. The van der Waals surface area contributed by atoms with E-state index in [-0.39, 0.29) is 0 Å². The lowest BCUT2D eigenvalue weighted by atomic mass is 10.1. The number of benzene rings is 1. The third-order valence-corrected chi connectivity index (χ3v) is 5.25. The summed E-state index contributed by atoms with van der Waals surface area (Å²) in [7, 11) is 1.61. The Hall–Kier alpha value is -3.75. The maximum absolute atomic E-state index is 5.90. The molecule has 9 heteroatoms. The van der Waals surface area contributed by atoms with Crippen LogP contribution in [0.5, 0.6) is 5.88 Å². The Labute approximate surface area is 174 Å². The lowest BCUT2D eigenvalue weighted by molar-refractivity contribution is 0.398. The van der Waals surface area contributed by atoms with E-state index < -0.39 is 0 Å². The van der Waals surface area contributed by atoms with E-state index in [1.54, 1.807) is 13.3 Å². The minimum atomic E-state index is 0.557. The third kappa shape index (κ3) is 3.38. The summed E-state index contributed by atoms with van der Waals surface area (Å²) in [5.74, 6) is 3.01. The van der Waals surface area contributed by atoms with Gasteiger partial charge in [-0.1, -0.05) is 12.1 Å². The number of fused-ring (bicyclic) bond motifs is 1. The number of hydrogen-bond acceptors (Lipinski definition) is 8. The Bertz CT molecular complexity index is 1150. The number of hydrogen-bond donors (Lipinski definition) is 1. The van der Waals surface area contributed by atoms with Crippen LogP contribution in [0.25, 0.3) is 11.4 Å². The summed E-state index contributed by atoms with van der Waals surface area (Å²) in [6.07, 6.45) is 2.72. The van der Waals surface area contributed by atoms with Crippen LogP contribution < -0.4 is 15.4 Å². The van der Waals surface area contributed by atoms with Crippen LogP contribution >= 0.6 is 0 Å². The highest BCUT2D eigenvalue weighted by Gasteiger charge is 2.25. The third-order valence-electron chi connectivity index (χ3n) is 5.25. The van der Waals surface area contributed by atoms with Crippen molar-refractivity contribution in [2.24, 2.45) is 9.98 Å². The van der Waals surface area contributed by atoms with Crippen molar-refractivity contribution >= 4 is 23.2 Å². The molecule has 152 valence electrons. The summed E-state index contributed by atoms with van der Waals surface area (Å²) in [5.41, 5.74) is 9.53. The summed E-state index contributed by atoms with van der Waals surface area (Å²) in [6, 6.07) is 11.6. The molecular weight excluding hydrogens is 380 g/mol. The molecule has 3 aromatic rings. The molecule has 0 spiro atoms. The van der Waals surface area contributed by atoms with Crippen molar-refractivity contribution in [2.75, 3.05) is 37.4 Å². The lowest BCUT2D eigenvalue weighted by Gasteiger charge is -2.28. The van der Waals surface area contributed by atoms with Crippen LogP contribution in [-0.4, -0.2) is 58.0 Å². The van der Waals surface area contributed by atoms with Gasteiger partial charge in [0.15, 0.2) is 5.82 Å². The van der Waals surface area contributed by atoms with Gasteiger partial charge in [-0.05, 0) is 30.2 Å². The molecule has 0 amide bonds. The first-order valence-electron chi connectivity index (χ1n) is 9.86. The van der Waals surface area contributed by atoms with Crippen LogP contribution in [0.2, 0.25) is 0 Å². The van der Waals surface area contributed by atoms with E-state index >= 15 is 0 Å². The first-order chi connectivity index (χ1) is 14.7. The lowest BCUT2D eigenvalue weighted by Crippen LogP contribution is -2.36. The van der Waals surface area contributed by atoms with Crippen LogP contribution in [-0.2, 0) is 6.54 Å². The summed E-state index contributed by atoms with van der Waals surface area (Å²) in [4.78, 5) is 15.7. The minimum Gasteiger partial charge on any atom is -0.481 e. The summed E-state index contributed by atoms with van der Waals surface area (Å²) in [6.45, 7) is 2.92. The first-order valence-corrected chi connectivity index (χ1v) is 9.86. The zero-order valence-corrected chi connectivity index (χ0v) is 16.7. The molecule has 2 aromatic heterocycles. The molecule has 0 aliphatic carbocycles. The average molecular weight is 402 g/mol. The van der Waals surface area contributed by atoms with E-state index in [9.17, 15) is 0 Å². The van der Waals surface area contributed by atoms with E-state index in [0.717, 1.165) is 59.6 Å². The minimum absolute atomic E-state index is 0.557. The van der Waals surface area contributed by atoms with Crippen LogP contribution in [0, 0.1) is 0 Å². The number of aliphatic imine (C=N–C) groups is 2. The molecule has 5 rings (SSSR count). The van der Waals surface area contributed by atoms with Gasteiger partial charge in [0, 0.05) is 36.6 Å². The van der Waals surface area contributed by atoms with Crippen LogP contribution in [0.3, 0.4) is 0 Å². The fourth-order valence-electron chi connectivity index (χ4n) is 3.80. The Balaban J connectivity index is 1.38. The second-order valence-electron chi connectivity index (χ2n) is 7.25. The molecule has 0 radical (unpaired) electrons. The van der Waals surface area contributed by atoms with Gasteiger partial charge in [-0.3, -0.25) is 9.56 Å². The molecule has 0 atom stereocenters. The number of rotatable bonds is 5. The smallest absolute Gasteiger partial charge is 0.227 e. The zero-order valence-electron chi connectivity index (χ0n) is 16.7. The first kappa shape index (κ1) is 18.3. The second-order valence-corrected chi connectivity index (χ2v) is 7.25. The zero-order chi connectivity index (χ0) is 20.5. The van der Waals surface area contributed by atoms with Gasteiger partial charge in [-0.2, -0.15) is 0 Å². The Morgan fingerprint density at radius 1 is 1.10 bits per heavy atom. The highest BCUT2D eigenvalue weighted by molar-refractivity contribution is 6.13. The van der Waals surface area contributed by atoms with Crippen molar-refractivity contribution in [3.63, 3.8) is 0 Å². The number of methoxy groups -OCH3 is 1. The topological polar surface area (TPSA) is 107 Å². The van der Waals surface area contributed by atoms with Gasteiger partial charge in [0.05, 0.1) is 25.9 Å². The molecule has 2 aliphatic heterocycles. The maximum Gasteiger partial charge on any atom is 0.227 e. The van der Waals surface area contributed by atoms with Crippen molar-refractivity contribution in [2.45, 2.75) is 13.0 Å². The van der Waals surface area contributed by atoms with E-state index in [1.165, 1.54) is 0 Å². The van der Waals surface area contributed by atoms with Crippen molar-refractivity contribution in [3.05, 3.63) is 48.2 Å². The van der Waals surface area contributed by atoms with Crippen molar-refractivity contribution in [1.82, 2.24) is 19.7 Å². The number of anilines is 2. The normalized spacial score (nSPS) is 15.6. The molecular formula is C21H22N8O. The van der Waals surface area contributed by atoms with Crippen molar-refractivity contribution < 1.29 is 4.74 Å². The number of nitrogens with zero attached hydrogens (tertiary/aromatic N) is 7. The van der Waals surface area contributed by atoms with Crippen molar-refractivity contribution in [1.29, 1.82) is 0 Å². The SMILES string of the molecule is COc1cc(-c2nnc3n2CCCN3CC2=NCC(c3cccc(N)c3)=N2)ccn1. The highest BCUT2D eigenvalue weighted by Crippen LogP contribution is 2.27. The molecule has 4 heterocycles. The monoisotopic (exact) mass is 402 g/mol. The molecule has 1 aromatic carbocycles. The number of nitrogens with two attached hydrogens (primary N) is 1. The second kappa shape index (κ2) is 7.58. The van der Waals surface area contributed by atoms with Gasteiger partial charge in [0.25, 0.3) is 0 Å². The number of amidine groups is 1. The standard InChI is InChI=1S/C21H22N8O/c1-30-19-11-15(6-7-23-19)20-26-27-21-28(8-3-9-29(20)21)13-18-24-12-17(25-18)14-4-2-5-16(22)10-14/h2,4-7,10-11H,3,8-9,12-13,22H2,1H3. The molecule has 0 unspecified atom stereocenters. The van der Waals surface area contributed by atoms with Gasteiger partial charge < -0.3 is 15.4 Å². The molecule has 9 nitrogen and oxygen atoms in total. The summed E-state index contributed by atoms with van der Waals surface area (Å²) in [5, 5.41) is 8.90. The van der Waals surface area contributed by atoms with Gasteiger partial charge >= 0.3 is 0 Å². The van der Waals surface area contributed by atoms with E-state index in [4.69, 9.17) is 15.5 Å². The van der Waals surface area contributed by atoms with Gasteiger partial charge in [0.2, 0.25) is 11.8 Å². The Morgan fingerprint density at radius 3 is 2.90 bits per heavy atom. The van der Waals surface area contributed by atoms with Crippen LogP contribution in [0.1, 0.15) is 12.0 Å². The van der Waals surface area contributed by atoms with E-state index in [2.05, 4.69) is 29.6 Å². The predicted molar refractivity (Wildman–Crippen MR) is 116 cm³/mol. The number of nitrogen functional groups attached to an aromatic ring is 1. The quantitative estimate of drug-likeness (QED) is 0.655. The Morgan fingerprint density at radius 2 is 2.03 bits per heavy atom. The molecule has 0 saturated carbocycles.